The molecule has 3 aromatic rings. The summed E-state index contributed by atoms with van der Waals surface area (Å²) in [6.07, 6.45) is 3.68. The number of primary amides is 1. The Morgan fingerprint density at radius 1 is 1.21 bits per heavy atom. The molecule has 0 unspecified atom stereocenters. The van der Waals surface area contributed by atoms with Gasteiger partial charge in [0.15, 0.2) is 27.9 Å². The molecule has 1 amide bonds. The molecule has 176 valence electrons. The van der Waals surface area contributed by atoms with Crippen molar-refractivity contribution in [1.82, 2.24) is 19.2 Å². The van der Waals surface area contributed by atoms with Gasteiger partial charge in [0.2, 0.25) is 5.91 Å². The van der Waals surface area contributed by atoms with Crippen molar-refractivity contribution in [2.24, 2.45) is 5.73 Å². The SMILES string of the molecule is CCOc1ccccc1OC1CCN(Cn2nc(-c3ccco3)n(CCC(N)=O)c2=S)CC1. The van der Waals surface area contributed by atoms with Crippen LogP contribution in [0.5, 0.6) is 11.5 Å². The zero-order valence-corrected chi connectivity index (χ0v) is 19.5. The summed E-state index contributed by atoms with van der Waals surface area (Å²) in [7, 11) is 0. The number of furan rings is 1. The van der Waals surface area contributed by atoms with Crippen LogP contribution in [0, 0.1) is 4.77 Å². The molecule has 2 aromatic heterocycles. The monoisotopic (exact) mass is 471 g/mol. The number of rotatable bonds is 10. The molecule has 9 nitrogen and oxygen atoms in total. The van der Waals surface area contributed by atoms with E-state index in [2.05, 4.69) is 10.00 Å². The van der Waals surface area contributed by atoms with E-state index in [1.807, 2.05) is 37.3 Å². The van der Waals surface area contributed by atoms with Crippen molar-refractivity contribution in [2.45, 2.75) is 45.5 Å². The van der Waals surface area contributed by atoms with Crippen LogP contribution in [-0.2, 0) is 18.0 Å². The molecule has 1 fully saturated rings. The fourth-order valence-corrected chi connectivity index (χ4v) is 4.18. The van der Waals surface area contributed by atoms with Gasteiger partial charge in [-0.25, -0.2) is 4.68 Å². The highest BCUT2D eigenvalue weighted by molar-refractivity contribution is 7.71. The Labute approximate surface area is 197 Å². The van der Waals surface area contributed by atoms with Crippen molar-refractivity contribution in [3.05, 3.63) is 47.4 Å². The second kappa shape index (κ2) is 10.7. The second-order valence-electron chi connectivity index (χ2n) is 7.91. The summed E-state index contributed by atoms with van der Waals surface area (Å²) < 4.78 is 21.5. The zero-order chi connectivity index (χ0) is 23.2. The molecular formula is C23H29N5O4S. The minimum atomic E-state index is -0.386. The van der Waals surface area contributed by atoms with Gasteiger partial charge < -0.3 is 19.6 Å². The summed E-state index contributed by atoms with van der Waals surface area (Å²) in [5.41, 5.74) is 5.34. The largest absolute Gasteiger partial charge is 0.490 e. The quantitative estimate of drug-likeness (QED) is 0.452. The van der Waals surface area contributed by atoms with Gasteiger partial charge in [-0.2, -0.15) is 0 Å². The maximum Gasteiger partial charge on any atom is 0.219 e. The van der Waals surface area contributed by atoms with Crippen LogP contribution < -0.4 is 15.2 Å². The highest BCUT2D eigenvalue weighted by Crippen LogP contribution is 2.29. The lowest BCUT2D eigenvalue weighted by Gasteiger charge is -2.32. The van der Waals surface area contributed by atoms with E-state index in [9.17, 15) is 4.79 Å². The first-order chi connectivity index (χ1) is 16.0. The van der Waals surface area contributed by atoms with Gasteiger partial charge in [-0.05, 0) is 56.2 Å². The number of amides is 1. The van der Waals surface area contributed by atoms with Gasteiger partial charge in [0, 0.05) is 26.1 Å². The zero-order valence-electron chi connectivity index (χ0n) is 18.7. The number of likely N-dealkylation sites (tertiary alicyclic amines) is 1. The van der Waals surface area contributed by atoms with Gasteiger partial charge in [-0.3, -0.25) is 14.3 Å². The third kappa shape index (κ3) is 5.63. The standard InChI is InChI=1S/C23H29N5O4S/c1-2-30-18-6-3-4-7-19(18)32-17-9-12-26(13-10-17)16-28-23(33)27(14-11-21(24)29)22(25-28)20-8-5-15-31-20/h3-8,15,17H,2,9-14,16H2,1H3,(H2,24,29). The van der Waals surface area contributed by atoms with Crippen LogP contribution in [0.25, 0.3) is 11.6 Å². The molecule has 0 saturated carbocycles. The van der Waals surface area contributed by atoms with Crippen LogP contribution in [0.2, 0.25) is 0 Å². The summed E-state index contributed by atoms with van der Waals surface area (Å²) in [5, 5.41) is 4.68. The number of piperidine rings is 1. The second-order valence-corrected chi connectivity index (χ2v) is 8.27. The summed E-state index contributed by atoms with van der Waals surface area (Å²) in [6.45, 7) is 5.19. The van der Waals surface area contributed by atoms with E-state index >= 15 is 0 Å². The summed E-state index contributed by atoms with van der Waals surface area (Å²) in [5.74, 6) is 2.38. The summed E-state index contributed by atoms with van der Waals surface area (Å²) in [6, 6.07) is 11.4. The molecule has 1 saturated heterocycles. The van der Waals surface area contributed by atoms with Gasteiger partial charge in [0.1, 0.15) is 6.10 Å². The average molecular weight is 472 g/mol. The number of nitrogens with two attached hydrogens (primary N) is 1. The number of nitrogens with zero attached hydrogens (tertiary/aromatic N) is 4. The van der Waals surface area contributed by atoms with Crippen LogP contribution in [0.1, 0.15) is 26.2 Å². The van der Waals surface area contributed by atoms with Crippen molar-refractivity contribution >= 4 is 18.1 Å². The first kappa shape index (κ1) is 23.1. The minimum absolute atomic E-state index is 0.127. The Balaban J connectivity index is 1.41. The number of ether oxygens (including phenoxy) is 2. The molecule has 0 aliphatic carbocycles. The van der Waals surface area contributed by atoms with Crippen LogP contribution in [0.3, 0.4) is 0 Å². The Bertz CT molecular complexity index is 1120. The van der Waals surface area contributed by atoms with Gasteiger partial charge >= 0.3 is 0 Å². The van der Waals surface area contributed by atoms with E-state index in [1.165, 1.54) is 0 Å². The van der Waals surface area contributed by atoms with Crippen molar-refractivity contribution < 1.29 is 18.7 Å². The number of hydrogen-bond acceptors (Lipinski definition) is 7. The average Bonchev–Trinajstić information content (AvgIpc) is 3.44. The van der Waals surface area contributed by atoms with E-state index in [4.69, 9.17) is 31.8 Å². The van der Waals surface area contributed by atoms with Crippen LogP contribution in [0.4, 0.5) is 0 Å². The minimum Gasteiger partial charge on any atom is -0.490 e. The smallest absolute Gasteiger partial charge is 0.219 e. The Morgan fingerprint density at radius 2 is 1.97 bits per heavy atom. The molecule has 0 atom stereocenters. The fraction of sp³-hybridized carbons (Fsp3) is 0.435. The first-order valence-electron chi connectivity index (χ1n) is 11.2. The third-order valence-corrected chi connectivity index (χ3v) is 5.99. The van der Waals surface area contributed by atoms with Crippen LogP contribution >= 0.6 is 12.2 Å². The van der Waals surface area contributed by atoms with Gasteiger partial charge in [-0.15, -0.1) is 5.10 Å². The number of carbonyl (C=O) groups excluding carboxylic acids is 1. The molecule has 33 heavy (non-hydrogen) atoms. The Hall–Kier alpha value is -3.11. The van der Waals surface area contributed by atoms with Gasteiger partial charge in [-0.1, -0.05) is 12.1 Å². The van der Waals surface area contributed by atoms with E-state index < -0.39 is 0 Å². The third-order valence-electron chi connectivity index (χ3n) is 5.56. The lowest BCUT2D eigenvalue weighted by Crippen LogP contribution is -2.39. The Morgan fingerprint density at radius 3 is 2.64 bits per heavy atom. The molecule has 1 aliphatic rings. The number of hydrogen-bond donors (Lipinski definition) is 1. The predicted molar refractivity (Wildman–Crippen MR) is 125 cm³/mol. The highest BCUT2D eigenvalue weighted by atomic mass is 32.1. The molecule has 0 spiro atoms. The van der Waals surface area contributed by atoms with Crippen molar-refractivity contribution in [2.75, 3.05) is 19.7 Å². The number of aromatic nitrogens is 3. The number of para-hydroxylation sites is 2. The van der Waals surface area contributed by atoms with E-state index in [1.54, 1.807) is 21.6 Å². The topological polar surface area (TPSA) is 101 Å². The van der Waals surface area contributed by atoms with E-state index in [-0.39, 0.29) is 18.4 Å². The molecule has 0 radical (unpaired) electrons. The maximum atomic E-state index is 11.3. The molecule has 0 bridgehead atoms. The normalized spacial score (nSPS) is 14.9. The first-order valence-corrected chi connectivity index (χ1v) is 11.6. The lowest BCUT2D eigenvalue weighted by atomic mass is 10.1. The van der Waals surface area contributed by atoms with Crippen LogP contribution in [0.15, 0.2) is 47.1 Å². The number of benzene rings is 1. The Kier molecular flexibility index (Phi) is 7.46. The molecule has 10 heteroatoms. The molecule has 4 rings (SSSR count). The highest BCUT2D eigenvalue weighted by Gasteiger charge is 2.23. The van der Waals surface area contributed by atoms with Crippen molar-refractivity contribution in [3.63, 3.8) is 0 Å². The number of carbonyl (C=O) groups is 1. The lowest BCUT2D eigenvalue weighted by molar-refractivity contribution is -0.118. The van der Waals surface area contributed by atoms with Gasteiger partial charge in [0.05, 0.1) is 19.5 Å². The summed E-state index contributed by atoms with van der Waals surface area (Å²) in [4.78, 5) is 13.6. The summed E-state index contributed by atoms with van der Waals surface area (Å²) >= 11 is 5.66. The van der Waals surface area contributed by atoms with Gasteiger partial charge in [0.25, 0.3) is 0 Å². The molecular weight excluding hydrogens is 442 g/mol. The van der Waals surface area contributed by atoms with Crippen molar-refractivity contribution in [1.29, 1.82) is 0 Å². The molecule has 1 aromatic carbocycles. The molecule has 1 aliphatic heterocycles. The maximum absolute atomic E-state index is 11.3. The van der Waals surface area contributed by atoms with Crippen molar-refractivity contribution in [3.8, 4) is 23.1 Å². The predicted octanol–water partition coefficient (Wildman–Crippen LogP) is 3.45. The molecule has 3 heterocycles. The van der Waals surface area contributed by atoms with E-state index in [0.29, 0.717) is 36.2 Å². The van der Waals surface area contributed by atoms with E-state index in [0.717, 1.165) is 37.4 Å². The molecule has 2 N–H and O–H groups in total. The van der Waals surface area contributed by atoms with Crippen LogP contribution in [-0.4, -0.2) is 51.0 Å². The fourth-order valence-electron chi connectivity index (χ4n) is 3.90.